The number of nitrogens with zero attached hydrogens (tertiary/aromatic N) is 1. The summed E-state index contributed by atoms with van der Waals surface area (Å²) in [5.74, 6) is 3.38. The zero-order valence-corrected chi connectivity index (χ0v) is 17.4. The largest absolute Gasteiger partial charge is 0.391 e. The third-order valence-corrected chi connectivity index (χ3v) is 10.7. The molecule has 0 aromatic heterocycles. The van der Waals surface area contributed by atoms with E-state index in [0.29, 0.717) is 23.7 Å². The van der Waals surface area contributed by atoms with Gasteiger partial charge in [-0.1, -0.05) is 20.3 Å². The highest BCUT2D eigenvalue weighted by Gasteiger charge is 2.65. The van der Waals surface area contributed by atoms with Crippen molar-refractivity contribution in [3.63, 3.8) is 0 Å². The van der Waals surface area contributed by atoms with E-state index in [0.717, 1.165) is 23.7 Å². The van der Waals surface area contributed by atoms with Crippen LogP contribution in [0.15, 0.2) is 0 Å². The second kappa shape index (κ2) is 5.95. The third kappa shape index (κ3) is 2.43. The van der Waals surface area contributed by atoms with Crippen LogP contribution in [0.2, 0.25) is 0 Å². The van der Waals surface area contributed by atoms with Gasteiger partial charge in [-0.3, -0.25) is 4.90 Å². The van der Waals surface area contributed by atoms with E-state index in [-0.39, 0.29) is 11.5 Å². The van der Waals surface area contributed by atoms with E-state index in [1.807, 2.05) is 0 Å². The Kier molecular flexibility index (Phi) is 3.91. The van der Waals surface area contributed by atoms with Gasteiger partial charge in [-0.25, -0.2) is 0 Å². The molecule has 10 atom stereocenters. The van der Waals surface area contributed by atoms with Crippen molar-refractivity contribution < 1.29 is 9.84 Å². The molecule has 152 valence electrons. The van der Waals surface area contributed by atoms with Gasteiger partial charge in [0.2, 0.25) is 0 Å². The first-order valence-corrected chi connectivity index (χ1v) is 12.1. The van der Waals surface area contributed by atoms with Crippen molar-refractivity contribution in [1.29, 1.82) is 0 Å². The summed E-state index contributed by atoms with van der Waals surface area (Å²) in [6.07, 6.45) is 14.5. The molecule has 2 aliphatic heterocycles. The molecule has 3 nitrogen and oxygen atoms in total. The van der Waals surface area contributed by atoms with Crippen molar-refractivity contribution in [3.8, 4) is 0 Å². The van der Waals surface area contributed by atoms with Crippen LogP contribution in [0.25, 0.3) is 0 Å². The maximum absolute atomic E-state index is 11.5. The van der Waals surface area contributed by atoms with Crippen LogP contribution in [0, 0.1) is 34.5 Å². The molecule has 4 saturated carbocycles. The molecule has 2 saturated heterocycles. The van der Waals surface area contributed by atoms with Gasteiger partial charge < -0.3 is 9.84 Å². The fourth-order valence-corrected chi connectivity index (χ4v) is 9.11. The second-order valence-corrected chi connectivity index (χ2v) is 11.7. The molecule has 0 radical (unpaired) electrons. The molecule has 27 heavy (non-hydrogen) atoms. The summed E-state index contributed by atoms with van der Waals surface area (Å²) in [7, 11) is 0. The number of rotatable bonds is 1. The number of piperidine rings is 1. The van der Waals surface area contributed by atoms with Crippen molar-refractivity contribution >= 4 is 0 Å². The molecular weight excluding hydrogens is 334 g/mol. The van der Waals surface area contributed by atoms with Crippen molar-refractivity contribution in [1.82, 2.24) is 4.90 Å². The molecular formula is C24H39NO2. The SMILES string of the molecule is C[C@]12C[C@H]3O[C@H]3C[C@@H]1CC[C@@H]1[C@@H]2CC[C@]2(C)[C@@H](O)[C@@H](N3CCCCC3)C[C@@H]12. The number of hydrogen-bond donors (Lipinski definition) is 1. The Morgan fingerprint density at radius 3 is 2.52 bits per heavy atom. The minimum atomic E-state index is -0.102. The molecule has 2 heterocycles. The predicted octanol–water partition coefficient (Wildman–Crippen LogP) is 4.23. The Morgan fingerprint density at radius 1 is 0.889 bits per heavy atom. The van der Waals surface area contributed by atoms with Crippen molar-refractivity contribution in [3.05, 3.63) is 0 Å². The monoisotopic (exact) mass is 373 g/mol. The number of epoxide rings is 1. The van der Waals surface area contributed by atoms with Crippen LogP contribution in [0.1, 0.15) is 78.1 Å². The average Bonchev–Trinajstić information content (AvgIpc) is 3.36. The maximum atomic E-state index is 11.5. The lowest BCUT2D eigenvalue weighted by Gasteiger charge is -2.59. The number of aliphatic hydroxyl groups excluding tert-OH is 1. The highest BCUT2D eigenvalue weighted by atomic mass is 16.6. The van der Waals surface area contributed by atoms with Crippen LogP contribution in [0.4, 0.5) is 0 Å². The number of ether oxygens (including phenoxy) is 1. The number of aliphatic hydroxyl groups is 1. The van der Waals surface area contributed by atoms with E-state index < -0.39 is 0 Å². The number of fused-ring (bicyclic) bond motifs is 6. The summed E-state index contributed by atoms with van der Waals surface area (Å²) in [5.41, 5.74) is 0.676. The molecule has 6 fully saturated rings. The van der Waals surface area contributed by atoms with Crippen LogP contribution in [-0.4, -0.2) is 47.4 Å². The zero-order valence-electron chi connectivity index (χ0n) is 17.4. The fraction of sp³-hybridized carbons (Fsp3) is 1.00. The van der Waals surface area contributed by atoms with E-state index in [1.165, 1.54) is 77.3 Å². The highest BCUT2D eigenvalue weighted by molar-refractivity contribution is 5.14. The van der Waals surface area contributed by atoms with Gasteiger partial charge in [-0.2, -0.15) is 0 Å². The Balaban J connectivity index is 1.27. The zero-order chi connectivity index (χ0) is 18.4. The van der Waals surface area contributed by atoms with Crippen molar-refractivity contribution in [2.45, 2.75) is 102 Å². The van der Waals surface area contributed by atoms with E-state index in [1.54, 1.807) is 0 Å². The molecule has 1 N–H and O–H groups in total. The van der Waals surface area contributed by atoms with Gasteiger partial charge in [0.1, 0.15) is 0 Å². The van der Waals surface area contributed by atoms with E-state index >= 15 is 0 Å². The molecule has 4 aliphatic carbocycles. The molecule has 0 spiro atoms. The van der Waals surface area contributed by atoms with E-state index in [2.05, 4.69) is 18.7 Å². The van der Waals surface area contributed by atoms with Crippen LogP contribution in [0.5, 0.6) is 0 Å². The first kappa shape index (κ1) is 17.7. The highest BCUT2D eigenvalue weighted by Crippen LogP contribution is 2.68. The van der Waals surface area contributed by atoms with Gasteiger partial charge in [0.15, 0.2) is 0 Å². The molecule has 0 unspecified atom stereocenters. The third-order valence-electron chi connectivity index (χ3n) is 10.7. The lowest BCUT2D eigenvalue weighted by atomic mass is 9.45. The summed E-state index contributed by atoms with van der Waals surface area (Å²) in [6.45, 7) is 7.53. The molecule has 6 rings (SSSR count). The Hall–Kier alpha value is -0.120. The van der Waals surface area contributed by atoms with Gasteiger partial charge >= 0.3 is 0 Å². The Bertz CT molecular complexity index is 603. The van der Waals surface area contributed by atoms with Crippen molar-refractivity contribution in [2.24, 2.45) is 34.5 Å². The molecule has 3 heteroatoms. The lowest BCUT2D eigenvalue weighted by molar-refractivity contribution is -0.119. The number of hydrogen-bond acceptors (Lipinski definition) is 3. The van der Waals surface area contributed by atoms with Gasteiger partial charge in [0.25, 0.3) is 0 Å². The van der Waals surface area contributed by atoms with Gasteiger partial charge in [-0.05, 0) is 105 Å². The minimum Gasteiger partial charge on any atom is -0.391 e. The standard InChI is InChI=1S/C24H39NO2/c1-23-9-8-17-16(7-6-15-12-20-21(27-20)14-24(15,17)2)18(23)13-19(22(23)26)25-10-4-3-5-11-25/h15-22,26H,3-14H2,1-2H3/t15-,16+,17-,18-,19-,20-,21+,22-,23-,24-/m0/s1. The molecule has 0 bridgehead atoms. The first-order valence-electron chi connectivity index (χ1n) is 12.1. The Labute approximate surface area is 165 Å². The first-order chi connectivity index (χ1) is 13.0. The quantitative estimate of drug-likeness (QED) is 0.699. The molecule has 0 aromatic rings. The average molecular weight is 374 g/mol. The summed E-state index contributed by atoms with van der Waals surface area (Å²) < 4.78 is 5.99. The topological polar surface area (TPSA) is 36.0 Å². The van der Waals surface area contributed by atoms with Gasteiger partial charge in [0.05, 0.1) is 18.3 Å². The summed E-state index contributed by atoms with van der Waals surface area (Å²) in [6, 6.07) is 0.437. The normalized spacial score (nSPS) is 60.1. The van der Waals surface area contributed by atoms with E-state index in [4.69, 9.17) is 4.74 Å². The predicted molar refractivity (Wildman–Crippen MR) is 106 cm³/mol. The molecule has 6 aliphatic rings. The Morgan fingerprint density at radius 2 is 1.70 bits per heavy atom. The van der Waals surface area contributed by atoms with Gasteiger partial charge in [0, 0.05) is 6.04 Å². The van der Waals surface area contributed by atoms with Crippen molar-refractivity contribution in [2.75, 3.05) is 13.1 Å². The van der Waals surface area contributed by atoms with Crippen LogP contribution < -0.4 is 0 Å². The van der Waals surface area contributed by atoms with Crippen LogP contribution >= 0.6 is 0 Å². The summed E-state index contributed by atoms with van der Waals surface area (Å²) in [5, 5.41) is 11.5. The maximum Gasteiger partial charge on any atom is 0.0847 e. The van der Waals surface area contributed by atoms with Crippen LogP contribution in [-0.2, 0) is 4.74 Å². The number of likely N-dealkylation sites (tertiary alicyclic amines) is 1. The van der Waals surface area contributed by atoms with Gasteiger partial charge in [-0.15, -0.1) is 0 Å². The second-order valence-electron chi connectivity index (χ2n) is 11.7. The molecule has 0 aromatic carbocycles. The summed E-state index contributed by atoms with van der Waals surface area (Å²) >= 11 is 0. The molecule has 0 amide bonds. The lowest BCUT2D eigenvalue weighted by Crippen LogP contribution is -2.54. The minimum absolute atomic E-state index is 0.102. The summed E-state index contributed by atoms with van der Waals surface area (Å²) in [4.78, 5) is 2.67. The van der Waals surface area contributed by atoms with E-state index in [9.17, 15) is 5.11 Å². The smallest absolute Gasteiger partial charge is 0.0847 e. The fourth-order valence-electron chi connectivity index (χ4n) is 9.11. The van der Waals surface area contributed by atoms with Crippen LogP contribution in [0.3, 0.4) is 0 Å².